The van der Waals surface area contributed by atoms with E-state index in [4.69, 9.17) is 10.5 Å². The molecule has 0 aliphatic carbocycles. The lowest BCUT2D eigenvalue weighted by atomic mass is 10.3. The number of hydrogen-bond acceptors (Lipinski definition) is 4. The molecular formula is C14H12F2N2O4S. The summed E-state index contributed by atoms with van der Waals surface area (Å²) in [7, 11) is -4.14. The third kappa shape index (κ3) is 4.65. The van der Waals surface area contributed by atoms with Gasteiger partial charge in [0.1, 0.15) is 17.4 Å². The Morgan fingerprint density at radius 1 is 1.09 bits per heavy atom. The van der Waals surface area contributed by atoms with Crippen molar-refractivity contribution in [3.8, 4) is 5.75 Å². The highest BCUT2D eigenvalue weighted by molar-refractivity contribution is 7.92. The number of anilines is 1. The van der Waals surface area contributed by atoms with E-state index in [0.29, 0.717) is 23.9 Å². The molecule has 0 atom stereocenters. The maximum Gasteiger partial charge on any atom is 0.262 e. The van der Waals surface area contributed by atoms with Crippen molar-refractivity contribution in [1.29, 1.82) is 0 Å². The molecule has 122 valence electrons. The van der Waals surface area contributed by atoms with Crippen LogP contribution in [0.25, 0.3) is 0 Å². The number of amides is 1. The van der Waals surface area contributed by atoms with E-state index in [0.717, 1.165) is 0 Å². The highest BCUT2D eigenvalue weighted by atomic mass is 32.2. The van der Waals surface area contributed by atoms with Gasteiger partial charge in [-0.15, -0.1) is 0 Å². The molecule has 9 heteroatoms. The molecule has 2 rings (SSSR count). The van der Waals surface area contributed by atoms with E-state index in [1.54, 1.807) is 0 Å². The van der Waals surface area contributed by atoms with Crippen LogP contribution in [-0.2, 0) is 14.8 Å². The Morgan fingerprint density at radius 2 is 1.65 bits per heavy atom. The number of rotatable bonds is 6. The molecule has 0 aliphatic rings. The molecule has 2 aromatic rings. The fourth-order valence-corrected chi connectivity index (χ4v) is 2.77. The minimum absolute atomic E-state index is 0.154. The van der Waals surface area contributed by atoms with Crippen molar-refractivity contribution in [2.45, 2.75) is 4.90 Å². The average Bonchev–Trinajstić information content (AvgIpc) is 2.45. The Bertz CT molecular complexity index is 803. The molecule has 6 nitrogen and oxygen atoms in total. The fourth-order valence-electron chi connectivity index (χ4n) is 1.67. The van der Waals surface area contributed by atoms with E-state index < -0.39 is 32.5 Å². The first kappa shape index (κ1) is 16.7. The molecule has 23 heavy (non-hydrogen) atoms. The van der Waals surface area contributed by atoms with E-state index >= 15 is 0 Å². The van der Waals surface area contributed by atoms with Crippen molar-refractivity contribution in [2.24, 2.45) is 5.73 Å². The average molecular weight is 342 g/mol. The number of primary amides is 1. The fraction of sp³-hybridized carbons (Fsp3) is 0.0714. The molecule has 0 fully saturated rings. The SMILES string of the molecule is NC(=O)COc1ccc(NS(=O)(=O)c2cc(F)cc(F)c2)cc1. The van der Waals surface area contributed by atoms with Gasteiger partial charge in [0, 0.05) is 11.8 Å². The lowest BCUT2D eigenvalue weighted by Gasteiger charge is -2.09. The van der Waals surface area contributed by atoms with Gasteiger partial charge in [0.2, 0.25) is 0 Å². The zero-order valence-electron chi connectivity index (χ0n) is 11.6. The van der Waals surface area contributed by atoms with Gasteiger partial charge in [-0.1, -0.05) is 0 Å². The van der Waals surface area contributed by atoms with Crippen LogP contribution in [-0.4, -0.2) is 20.9 Å². The number of halogens is 2. The molecule has 0 heterocycles. The summed E-state index contributed by atoms with van der Waals surface area (Å²) >= 11 is 0. The molecule has 0 aliphatic heterocycles. The first-order chi connectivity index (χ1) is 10.8. The van der Waals surface area contributed by atoms with Gasteiger partial charge in [-0.05, 0) is 36.4 Å². The van der Waals surface area contributed by atoms with Crippen molar-refractivity contribution in [3.63, 3.8) is 0 Å². The predicted octanol–water partition coefficient (Wildman–Crippen LogP) is 1.63. The highest BCUT2D eigenvalue weighted by Crippen LogP contribution is 2.20. The van der Waals surface area contributed by atoms with Crippen molar-refractivity contribution in [3.05, 3.63) is 54.1 Å². The molecule has 0 radical (unpaired) electrons. The van der Waals surface area contributed by atoms with Crippen LogP contribution in [0.2, 0.25) is 0 Å². The van der Waals surface area contributed by atoms with Crippen LogP contribution in [0.5, 0.6) is 5.75 Å². The maximum absolute atomic E-state index is 13.1. The zero-order valence-corrected chi connectivity index (χ0v) is 12.4. The van der Waals surface area contributed by atoms with Gasteiger partial charge in [0.05, 0.1) is 4.90 Å². The quantitative estimate of drug-likeness (QED) is 0.833. The Kier molecular flexibility index (Phi) is 4.80. The molecule has 0 saturated carbocycles. The number of carbonyl (C=O) groups is 1. The van der Waals surface area contributed by atoms with Gasteiger partial charge in [0.25, 0.3) is 15.9 Å². The Labute approximate surface area is 130 Å². The first-order valence-corrected chi connectivity index (χ1v) is 7.75. The first-order valence-electron chi connectivity index (χ1n) is 6.26. The molecule has 0 bridgehead atoms. The van der Waals surface area contributed by atoms with Crippen LogP contribution in [0, 0.1) is 11.6 Å². The minimum atomic E-state index is -4.14. The number of benzene rings is 2. The van der Waals surface area contributed by atoms with Gasteiger partial charge < -0.3 is 10.5 Å². The minimum Gasteiger partial charge on any atom is -0.484 e. The third-order valence-corrected chi connectivity index (χ3v) is 3.99. The van der Waals surface area contributed by atoms with Crippen molar-refractivity contribution >= 4 is 21.6 Å². The largest absolute Gasteiger partial charge is 0.484 e. The lowest BCUT2D eigenvalue weighted by Crippen LogP contribution is -2.20. The topological polar surface area (TPSA) is 98.5 Å². The van der Waals surface area contributed by atoms with Crippen molar-refractivity contribution < 1.29 is 26.7 Å². The summed E-state index contributed by atoms with van der Waals surface area (Å²) in [6.45, 7) is -0.312. The molecule has 0 aromatic heterocycles. The van der Waals surface area contributed by atoms with E-state index in [9.17, 15) is 22.0 Å². The van der Waals surface area contributed by atoms with E-state index in [2.05, 4.69) is 4.72 Å². The number of hydrogen-bond donors (Lipinski definition) is 2. The predicted molar refractivity (Wildman–Crippen MR) is 78.3 cm³/mol. The lowest BCUT2D eigenvalue weighted by molar-refractivity contribution is -0.119. The second kappa shape index (κ2) is 6.61. The van der Waals surface area contributed by atoms with Gasteiger partial charge in [-0.2, -0.15) is 0 Å². The van der Waals surface area contributed by atoms with Gasteiger partial charge >= 0.3 is 0 Å². The normalized spacial score (nSPS) is 11.0. The molecule has 1 amide bonds. The zero-order chi connectivity index (χ0) is 17.0. The standard InChI is InChI=1S/C14H12F2N2O4S/c15-9-5-10(16)7-13(6-9)23(20,21)18-11-1-3-12(4-2-11)22-8-14(17)19/h1-7,18H,8H2,(H2,17,19). The summed E-state index contributed by atoms with van der Waals surface area (Å²) in [4.78, 5) is 10.0. The Morgan fingerprint density at radius 3 is 2.17 bits per heavy atom. The van der Waals surface area contributed by atoms with Crippen LogP contribution in [0.3, 0.4) is 0 Å². The second-order valence-corrected chi connectivity index (χ2v) is 6.17. The second-order valence-electron chi connectivity index (χ2n) is 4.49. The van der Waals surface area contributed by atoms with Crippen LogP contribution in [0.1, 0.15) is 0 Å². The molecule has 2 aromatic carbocycles. The molecular weight excluding hydrogens is 330 g/mol. The molecule has 3 N–H and O–H groups in total. The summed E-state index contributed by atoms with van der Waals surface area (Å²) in [6, 6.07) is 7.53. The summed E-state index contributed by atoms with van der Waals surface area (Å²) in [6.07, 6.45) is 0. The Balaban J connectivity index is 2.15. The molecule has 0 saturated heterocycles. The number of nitrogens with one attached hydrogen (secondary N) is 1. The van der Waals surface area contributed by atoms with Gasteiger partial charge in [0.15, 0.2) is 6.61 Å². The third-order valence-electron chi connectivity index (χ3n) is 2.63. The van der Waals surface area contributed by atoms with Crippen molar-refractivity contribution in [2.75, 3.05) is 11.3 Å². The molecule has 0 unspecified atom stereocenters. The molecule has 0 spiro atoms. The van der Waals surface area contributed by atoms with Crippen molar-refractivity contribution in [1.82, 2.24) is 0 Å². The number of sulfonamides is 1. The van der Waals surface area contributed by atoms with Crippen LogP contribution < -0.4 is 15.2 Å². The Hall–Kier alpha value is -2.68. The summed E-state index contributed by atoms with van der Waals surface area (Å²) < 4.78 is 57.6. The van der Waals surface area contributed by atoms with Crippen LogP contribution >= 0.6 is 0 Å². The summed E-state index contributed by atoms with van der Waals surface area (Å²) in [5, 5.41) is 0. The number of carbonyl (C=O) groups excluding carboxylic acids is 1. The maximum atomic E-state index is 13.1. The summed E-state index contributed by atoms with van der Waals surface area (Å²) in [5.74, 6) is -2.34. The monoisotopic (exact) mass is 342 g/mol. The van der Waals surface area contributed by atoms with Crippen LogP contribution in [0.15, 0.2) is 47.4 Å². The van der Waals surface area contributed by atoms with E-state index in [1.165, 1.54) is 24.3 Å². The highest BCUT2D eigenvalue weighted by Gasteiger charge is 2.16. The van der Waals surface area contributed by atoms with Crippen LogP contribution in [0.4, 0.5) is 14.5 Å². The smallest absolute Gasteiger partial charge is 0.262 e. The van der Waals surface area contributed by atoms with E-state index in [1.807, 2.05) is 0 Å². The summed E-state index contributed by atoms with van der Waals surface area (Å²) in [5.41, 5.74) is 5.08. The van der Waals surface area contributed by atoms with Gasteiger partial charge in [-0.25, -0.2) is 17.2 Å². The van der Waals surface area contributed by atoms with Gasteiger partial charge in [-0.3, -0.25) is 9.52 Å². The van der Waals surface area contributed by atoms with E-state index in [-0.39, 0.29) is 12.3 Å². The number of nitrogens with two attached hydrogens (primary N) is 1. The number of ether oxygens (including phenoxy) is 1.